The van der Waals surface area contributed by atoms with Crippen molar-refractivity contribution in [3.05, 3.63) is 155 Å². The largest absolute Gasteiger partial charge is 0.354 e. The van der Waals surface area contributed by atoms with E-state index in [4.69, 9.17) is 33.2 Å². The Balaban J connectivity index is 1.29. The van der Waals surface area contributed by atoms with E-state index in [1.807, 2.05) is 36.4 Å². The van der Waals surface area contributed by atoms with E-state index in [9.17, 15) is 38.9 Å². The van der Waals surface area contributed by atoms with E-state index in [1.54, 1.807) is 60.7 Å². The molecule has 0 fully saturated rings. The molecule has 8 aromatic rings. The van der Waals surface area contributed by atoms with Gasteiger partial charge < -0.3 is 15.3 Å². The summed E-state index contributed by atoms with van der Waals surface area (Å²) in [5.74, 6) is 0.123. The first-order valence-corrected chi connectivity index (χ1v) is 25.3. The van der Waals surface area contributed by atoms with Crippen molar-refractivity contribution in [3.8, 4) is 44.5 Å². The maximum Gasteiger partial charge on any atom is 0.294 e. The van der Waals surface area contributed by atoms with Crippen LogP contribution in [-0.2, 0) is 30.4 Å². The molecule has 344 valence electrons. The van der Waals surface area contributed by atoms with E-state index >= 15 is 0 Å². The number of aromatic nitrogens is 7. The van der Waals surface area contributed by atoms with Crippen molar-refractivity contribution in [2.45, 2.75) is 14.7 Å². The third kappa shape index (κ3) is 9.18. The summed E-state index contributed by atoms with van der Waals surface area (Å²) in [5, 5.41) is 2.88. The lowest BCUT2D eigenvalue weighted by Gasteiger charge is -2.09. The van der Waals surface area contributed by atoms with Crippen LogP contribution in [0.25, 0.3) is 90.9 Å². The normalized spacial score (nSPS) is 12.7. The summed E-state index contributed by atoms with van der Waals surface area (Å²) in [7, 11) is -13.6. The number of halogens is 2. The van der Waals surface area contributed by atoms with E-state index in [1.165, 1.54) is 48.5 Å². The molecular weight excluding hydrogens is 988 g/mol. The molecule has 4 aromatic carbocycles. The first-order valence-electron chi connectivity index (χ1n) is 20.2. The zero-order chi connectivity index (χ0) is 48.4. The summed E-state index contributed by atoms with van der Waals surface area (Å²) in [4.78, 5) is 28.4. The Labute approximate surface area is 402 Å². The lowest BCUT2D eigenvalue weighted by Crippen LogP contribution is -1.99. The third-order valence-electron chi connectivity index (χ3n) is 11.1. The summed E-state index contributed by atoms with van der Waals surface area (Å²) in [6.07, 6.45) is 7.19. The Morgan fingerprint density at radius 1 is 0.377 bits per heavy atom. The summed E-state index contributed by atoms with van der Waals surface area (Å²) < 4.78 is 102. The van der Waals surface area contributed by atoms with Gasteiger partial charge >= 0.3 is 0 Å². The molecule has 0 radical (unpaired) electrons. The number of aromatic amines is 2. The van der Waals surface area contributed by atoms with Gasteiger partial charge in [0.2, 0.25) is 16.5 Å². The van der Waals surface area contributed by atoms with Crippen LogP contribution in [0.4, 0.5) is 11.6 Å². The van der Waals surface area contributed by atoms with Crippen molar-refractivity contribution in [1.82, 2.24) is 34.9 Å². The van der Waals surface area contributed by atoms with Crippen LogP contribution in [0, 0.1) is 0 Å². The first kappa shape index (κ1) is 45.4. The van der Waals surface area contributed by atoms with Gasteiger partial charge in [-0.15, -0.1) is 0 Å². The highest BCUT2D eigenvalue weighted by Gasteiger charge is 2.21. The predicted molar refractivity (Wildman–Crippen MR) is 263 cm³/mol. The van der Waals surface area contributed by atoms with Gasteiger partial charge in [0.1, 0.15) is 0 Å². The highest BCUT2D eigenvalue weighted by molar-refractivity contribution is 7.86. The number of nitrogens with zero attached hydrogens (tertiary/aromatic N) is 5. The molecule has 22 heteroatoms. The van der Waals surface area contributed by atoms with Gasteiger partial charge in [0, 0.05) is 50.0 Å². The van der Waals surface area contributed by atoms with Crippen molar-refractivity contribution in [2.75, 3.05) is 5.32 Å². The van der Waals surface area contributed by atoms with Crippen LogP contribution in [0.3, 0.4) is 0 Å². The fourth-order valence-electron chi connectivity index (χ4n) is 8.03. The molecule has 6 heterocycles. The van der Waals surface area contributed by atoms with Gasteiger partial charge in [-0.05, 0) is 143 Å². The van der Waals surface area contributed by atoms with E-state index in [2.05, 4.69) is 30.2 Å². The molecule has 0 amide bonds. The highest BCUT2D eigenvalue weighted by atomic mass is 35.5. The van der Waals surface area contributed by atoms with E-state index in [0.717, 1.165) is 0 Å². The molecule has 10 rings (SSSR count). The van der Waals surface area contributed by atoms with Crippen LogP contribution < -0.4 is 5.32 Å². The molecular formula is C47H30Cl2N8O9S3. The number of hydrogen-bond donors (Lipinski definition) is 6. The summed E-state index contributed by atoms with van der Waals surface area (Å²) in [6, 6.07) is 31.5. The molecule has 0 saturated carbocycles. The monoisotopic (exact) mass is 1020 g/mol. The minimum absolute atomic E-state index is 0.0946. The highest BCUT2D eigenvalue weighted by Crippen LogP contribution is 2.39. The van der Waals surface area contributed by atoms with Gasteiger partial charge in [-0.1, -0.05) is 48.5 Å². The average Bonchev–Trinajstić information content (AvgIpc) is 4.15. The van der Waals surface area contributed by atoms with Crippen molar-refractivity contribution in [3.63, 3.8) is 0 Å². The van der Waals surface area contributed by atoms with E-state index < -0.39 is 30.4 Å². The topological polar surface area (TPSA) is 271 Å². The molecule has 0 spiro atoms. The lowest BCUT2D eigenvalue weighted by atomic mass is 10.0. The molecule has 2 aliphatic heterocycles. The number of benzene rings is 4. The summed E-state index contributed by atoms with van der Waals surface area (Å²) in [6.45, 7) is 0. The van der Waals surface area contributed by atoms with E-state index in [-0.39, 0.29) is 31.2 Å². The van der Waals surface area contributed by atoms with E-state index in [0.29, 0.717) is 95.0 Å². The Morgan fingerprint density at radius 3 is 0.928 bits per heavy atom. The Bertz CT molecular complexity index is 3920. The van der Waals surface area contributed by atoms with Crippen molar-refractivity contribution >= 4 is 112 Å². The maximum absolute atomic E-state index is 12.1. The Hall–Kier alpha value is -7.40. The zero-order valence-electron chi connectivity index (χ0n) is 34.9. The number of anilines is 2. The number of hydrogen-bond acceptors (Lipinski definition) is 12. The second-order valence-corrected chi connectivity index (χ2v) is 20.3. The molecule has 17 nitrogen and oxygen atoms in total. The van der Waals surface area contributed by atoms with Gasteiger partial charge in [-0.2, -0.15) is 40.2 Å². The van der Waals surface area contributed by atoms with Gasteiger partial charge in [0.05, 0.1) is 37.5 Å². The Kier molecular flexibility index (Phi) is 11.4. The molecule has 2 aliphatic rings. The average molecular weight is 1020 g/mol. The molecule has 0 saturated heterocycles. The second kappa shape index (κ2) is 17.3. The van der Waals surface area contributed by atoms with Crippen LogP contribution in [0.15, 0.2) is 136 Å². The van der Waals surface area contributed by atoms with Crippen LogP contribution in [0.1, 0.15) is 22.8 Å². The minimum atomic E-state index is -4.54. The molecule has 0 aliphatic carbocycles. The minimum Gasteiger partial charge on any atom is -0.354 e. The second-order valence-electron chi connectivity index (χ2n) is 15.4. The smallest absolute Gasteiger partial charge is 0.294 e. The fourth-order valence-corrected chi connectivity index (χ4v) is 9.84. The number of nitrogens with one attached hydrogen (secondary N) is 3. The van der Waals surface area contributed by atoms with Crippen LogP contribution >= 0.6 is 23.2 Å². The molecule has 69 heavy (non-hydrogen) atoms. The number of H-pyrrole nitrogens is 2. The molecule has 0 unspecified atom stereocenters. The molecule has 0 atom stereocenters. The van der Waals surface area contributed by atoms with Gasteiger partial charge in [0.15, 0.2) is 0 Å². The third-order valence-corrected chi connectivity index (χ3v) is 14.0. The van der Waals surface area contributed by atoms with Gasteiger partial charge in [0.25, 0.3) is 30.4 Å². The molecule has 4 aromatic heterocycles. The summed E-state index contributed by atoms with van der Waals surface area (Å²) in [5.41, 5.74) is 9.19. The van der Waals surface area contributed by atoms with Gasteiger partial charge in [-0.25, -0.2) is 9.97 Å². The molecule has 6 N–H and O–H groups in total. The van der Waals surface area contributed by atoms with Crippen molar-refractivity contribution in [2.24, 2.45) is 0 Å². The van der Waals surface area contributed by atoms with Crippen LogP contribution in [0.5, 0.6) is 0 Å². The first-order chi connectivity index (χ1) is 32.9. The lowest BCUT2D eigenvalue weighted by molar-refractivity contribution is 0.481. The van der Waals surface area contributed by atoms with Gasteiger partial charge in [-0.3, -0.25) is 13.7 Å². The standard InChI is InChI=1S/C47H30Cl2N8O9S3/c48-45-55-46(49)57-47(56-45)50-29-9-1-25(2-10-29)41-33-17-19-35(51-33)42(26-3-11-30(12-4-26)67(58,59)60)37-21-23-39(53-37)44(28-7-15-32(16-8-28)69(64,65)66)40-24-22-38(54-40)43(36-20-18-34(41)52-36)27-5-13-31(14-6-27)68(61,62)63/h1-24,51,54H,(H,58,59,60)(H,61,62,63)(H,64,65,66)(H,50,55,56,57). The van der Waals surface area contributed by atoms with Crippen LogP contribution in [-0.4, -0.2) is 73.8 Å². The zero-order valence-corrected chi connectivity index (χ0v) is 38.8. The van der Waals surface area contributed by atoms with Crippen molar-refractivity contribution in [1.29, 1.82) is 0 Å². The SMILES string of the molecule is O=S(=O)(O)c1ccc(-c2c3nc(c(-c4ccc(S(=O)(=O)O)cc4)c4ccc([nH]4)c(-c4ccc(S(=O)(=O)O)cc4)c4nc(c(-c5ccc(Nc6nc(Cl)nc(Cl)n6)cc5)c5ccc2[nH]5)C=C4)C=C3)cc1. The number of fused-ring (bicyclic) bond motifs is 8. The number of rotatable bonds is 9. The quantitative estimate of drug-likeness (QED) is 0.0734. The Morgan fingerprint density at radius 2 is 0.652 bits per heavy atom. The maximum atomic E-state index is 12.1. The summed E-state index contributed by atoms with van der Waals surface area (Å²) >= 11 is 12.0. The van der Waals surface area contributed by atoms with Crippen LogP contribution in [0.2, 0.25) is 10.6 Å². The molecule has 8 bridgehead atoms. The predicted octanol–water partition coefficient (Wildman–Crippen LogP) is 10.3. The van der Waals surface area contributed by atoms with Crippen molar-refractivity contribution < 1.29 is 38.9 Å². The fraction of sp³-hybridized carbons (Fsp3) is 0.